The van der Waals surface area contributed by atoms with E-state index in [1.54, 1.807) is 12.1 Å². The summed E-state index contributed by atoms with van der Waals surface area (Å²) in [6.07, 6.45) is 0. The largest absolute Gasteiger partial charge is 0.383 e. The number of hydrogen-bond acceptors (Lipinski definition) is 4. The van der Waals surface area contributed by atoms with Crippen LogP contribution in [-0.2, 0) is 6.54 Å². The topological polar surface area (TPSA) is 79.7 Å². The lowest BCUT2D eigenvalue weighted by Crippen LogP contribution is -2.11. The Kier molecular flexibility index (Phi) is 3.89. The molecule has 6 heteroatoms. The van der Waals surface area contributed by atoms with Gasteiger partial charge in [0, 0.05) is 6.04 Å². The van der Waals surface area contributed by atoms with E-state index < -0.39 is 0 Å². The van der Waals surface area contributed by atoms with Gasteiger partial charge in [-0.3, -0.25) is 0 Å². The lowest BCUT2D eigenvalue weighted by Gasteiger charge is -2.06. The van der Waals surface area contributed by atoms with Crippen LogP contribution in [0.1, 0.15) is 25.0 Å². The highest BCUT2D eigenvalue weighted by molar-refractivity contribution is 5.64. The predicted molar refractivity (Wildman–Crippen MR) is 75.6 cm³/mol. The number of nitrogens with one attached hydrogen (secondary N) is 1. The molecule has 0 saturated carbocycles. The van der Waals surface area contributed by atoms with Gasteiger partial charge in [-0.1, -0.05) is 12.1 Å². The van der Waals surface area contributed by atoms with Crippen molar-refractivity contribution in [2.24, 2.45) is 0 Å². The Balaban J connectivity index is 2.30. The van der Waals surface area contributed by atoms with Gasteiger partial charge in [0.15, 0.2) is 5.82 Å². The maximum absolute atomic E-state index is 12.9. The number of halogens is 1. The predicted octanol–water partition coefficient (Wildman–Crippen LogP) is 2.34. The molecule has 0 aliphatic heterocycles. The smallest absolute Gasteiger partial charge is 0.168 e. The summed E-state index contributed by atoms with van der Waals surface area (Å²) in [7, 11) is 0. The lowest BCUT2D eigenvalue weighted by molar-refractivity contribution is 0.625. The fourth-order valence-corrected chi connectivity index (χ4v) is 1.84. The van der Waals surface area contributed by atoms with Gasteiger partial charge in [0.2, 0.25) is 0 Å². The van der Waals surface area contributed by atoms with Crippen LogP contribution in [0.3, 0.4) is 0 Å². The summed E-state index contributed by atoms with van der Waals surface area (Å²) < 4.78 is 14.4. The van der Waals surface area contributed by atoms with Gasteiger partial charge < -0.3 is 11.1 Å². The summed E-state index contributed by atoms with van der Waals surface area (Å²) in [6, 6.07) is 8.30. The maximum Gasteiger partial charge on any atom is 0.168 e. The van der Waals surface area contributed by atoms with Crippen molar-refractivity contribution >= 4 is 11.6 Å². The van der Waals surface area contributed by atoms with Crippen molar-refractivity contribution in [2.75, 3.05) is 11.1 Å². The summed E-state index contributed by atoms with van der Waals surface area (Å²) in [5, 5.41) is 16.5. The number of nitrogen functional groups attached to an aromatic ring is 1. The zero-order chi connectivity index (χ0) is 14.7. The Hall–Kier alpha value is -2.55. The lowest BCUT2D eigenvalue weighted by atomic mass is 10.2. The van der Waals surface area contributed by atoms with Gasteiger partial charge in [-0.2, -0.15) is 10.4 Å². The van der Waals surface area contributed by atoms with Crippen molar-refractivity contribution in [3.8, 4) is 6.07 Å². The van der Waals surface area contributed by atoms with Gasteiger partial charge in [-0.25, -0.2) is 9.07 Å². The Labute approximate surface area is 116 Å². The van der Waals surface area contributed by atoms with Gasteiger partial charge in [-0.15, -0.1) is 0 Å². The Morgan fingerprint density at radius 1 is 1.40 bits per heavy atom. The molecule has 0 bridgehead atoms. The average molecular weight is 273 g/mol. The van der Waals surface area contributed by atoms with E-state index in [0.717, 1.165) is 5.56 Å². The molecule has 5 nitrogen and oxygen atoms in total. The molecule has 0 saturated heterocycles. The van der Waals surface area contributed by atoms with E-state index in [2.05, 4.69) is 16.5 Å². The SMILES string of the molecule is CC(C)Nc1nn(Cc2ccc(F)cc2)c(N)c1C#N. The van der Waals surface area contributed by atoms with E-state index in [1.807, 2.05) is 13.8 Å². The minimum absolute atomic E-state index is 0.149. The molecule has 1 heterocycles. The zero-order valence-electron chi connectivity index (χ0n) is 11.4. The van der Waals surface area contributed by atoms with Crippen molar-refractivity contribution in [2.45, 2.75) is 26.4 Å². The van der Waals surface area contributed by atoms with Gasteiger partial charge in [-0.05, 0) is 31.5 Å². The van der Waals surface area contributed by atoms with Gasteiger partial charge in [0.05, 0.1) is 6.54 Å². The fraction of sp³-hybridized carbons (Fsp3) is 0.286. The number of nitrogens with zero attached hydrogens (tertiary/aromatic N) is 3. The fourth-order valence-electron chi connectivity index (χ4n) is 1.84. The van der Waals surface area contributed by atoms with Crippen molar-refractivity contribution in [1.82, 2.24) is 9.78 Å². The molecule has 20 heavy (non-hydrogen) atoms. The molecule has 0 aliphatic carbocycles. The summed E-state index contributed by atoms with van der Waals surface area (Å²) in [5.41, 5.74) is 7.13. The third-order valence-corrected chi connectivity index (χ3v) is 2.77. The second-order valence-corrected chi connectivity index (χ2v) is 4.80. The van der Waals surface area contributed by atoms with E-state index in [-0.39, 0.29) is 11.9 Å². The molecule has 0 amide bonds. The number of anilines is 2. The highest BCUT2D eigenvalue weighted by atomic mass is 19.1. The van der Waals surface area contributed by atoms with Crippen LogP contribution < -0.4 is 11.1 Å². The number of hydrogen-bond donors (Lipinski definition) is 2. The Morgan fingerprint density at radius 3 is 2.60 bits per heavy atom. The molecule has 1 aromatic heterocycles. The van der Waals surface area contributed by atoms with Crippen LogP contribution in [-0.4, -0.2) is 15.8 Å². The third-order valence-electron chi connectivity index (χ3n) is 2.77. The molecule has 0 spiro atoms. The molecule has 1 aromatic carbocycles. The highest BCUT2D eigenvalue weighted by Gasteiger charge is 2.16. The number of rotatable bonds is 4. The monoisotopic (exact) mass is 273 g/mol. The van der Waals surface area contributed by atoms with Crippen LogP contribution in [0.15, 0.2) is 24.3 Å². The van der Waals surface area contributed by atoms with Crippen molar-refractivity contribution in [1.29, 1.82) is 5.26 Å². The van der Waals surface area contributed by atoms with Crippen LogP contribution in [0.2, 0.25) is 0 Å². The first-order valence-corrected chi connectivity index (χ1v) is 6.28. The van der Waals surface area contributed by atoms with E-state index in [4.69, 9.17) is 11.0 Å². The third kappa shape index (κ3) is 2.88. The molecule has 3 N–H and O–H groups in total. The van der Waals surface area contributed by atoms with Crippen LogP contribution in [0, 0.1) is 17.1 Å². The molecule has 0 unspecified atom stereocenters. The van der Waals surface area contributed by atoms with Crippen molar-refractivity contribution < 1.29 is 4.39 Å². The second-order valence-electron chi connectivity index (χ2n) is 4.80. The maximum atomic E-state index is 12.9. The van der Waals surface area contributed by atoms with Gasteiger partial charge in [0.1, 0.15) is 23.3 Å². The highest BCUT2D eigenvalue weighted by Crippen LogP contribution is 2.22. The minimum atomic E-state index is -0.290. The van der Waals surface area contributed by atoms with Crippen LogP contribution in [0.5, 0.6) is 0 Å². The number of nitrogens with two attached hydrogens (primary N) is 1. The molecule has 0 atom stereocenters. The first-order valence-electron chi connectivity index (χ1n) is 6.28. The molecular weight excluding hydrogens is 257 g/mol. The van der Waals surface area contributed by atoms with E-state index in [9.17, 15) is 4.39 Å². The van der Waals surface area contributed by atoms with Crippen molar-refractivity contribution in [3.63, 3.8) is 0 Å². The van der Waals surface area contributed by atoms with Crippen LogP contribution in [0.4, 0.5) is 16.0 Å². The van der Waals surface area contributed by atoms with E-state index in [0.29, 0.717) is 23.7 Å². The summed E-state index contributed by atoms with van der Waals surface area (Å²) in [6.45, 7) is 4.30. The molecule has 2 rings (SSSR count). The molecule has 0 radical (unpaired) electrons. The number of nitriles is 1. The Bertz CT molecular complexity index is 637. The Morgan fingerprint density at radius 2 is 2.05 bits per heavy atom. The number of benzene rings is 1. The summed E-state index contributed by atoms with van der Waals surface area (Å²) in [4.78, 5) is 0. The van der Waals surface area contributed by atoms with Gasteiger partial charge >= 0.3 is 0 Å². The minimum Gasteiger partial charge on any atom is -0.383 e. The quantitative estimate of drug-likeness (QED) is 0.896. The van der Waals surface area contributed by atoms with Crippen molar-refractivity contribution in [3.05, 3.63) is 41.2 Å². The molecule has 0 fully saturated rings. The van der Waals surface area contributed by atoms with E-state index in [1.165, 1.54) is 16.8 Å². The molecule has 104 valence electrons. The van der Waals surface area contributed by atoms with Crippen LogP contribution in [0.25, 0.3) is 0 Å². The van der Waals surface area contributed by atoms with E-state index >= 15 is 0 Å². The standard InChI is InChI=1S/C14H16FN5/c1-9(2)18-14-12(7-16)13(17)20(19-14)8-10-3-5-11(15)6-4-10/h3-6,9H,8,17H2,1-2H3,(H,18,19). The summed E-state index contributed by atoms with van der Waals surface area (Å²) >= 11 is 0. The zero-order valence-corrected chi connectivity index (χ0v) is 11.4. The second kappa shape index (κ2) is 5.61. The molecule has 2 aromatic rings. The summed E-state index contributed by atoms with van der Waals surface area (Å²) in [5.74, 6) is 0.490. The first-order chi connectivity index (χ1) is 9.51. The average Bonchev–Trinajstić information content (AvgIpc) is 2.67. The van der Waals surface area contributed by atoms with Gasteiger partial charge in [0.25, 0.3) is 0 Å². The number of aromatic nitrogens is 2. The molecule has 0 aliphatic rings. The van der Waals surface area contributed by atoms with Crippen LogP contribution >= 0.6 is 0 Å². The molecular formula is C14H16FN5. The normalized spacial score (nSPS) is 10.6. The first kappa shape index (κ1) is 13.9.